The first-order valence-electron chi connectivity index (χ1n) is 11.0. The molecule has 1 N–H and O–H groups in total. The molecule has 0 aromatic heterocycles. The summed E-state index contributed by atoms with van der Waals surface area (Å²) in [5.41, 5.74) is 0.102. The third-order valence-electron chi connectivity index (χ3n) is 5.19. The third kappa shape index (κ3) is 10.4. The average Bonchev–Trinajstić information content (AvgIpc) is 2.71. The minimum atomic E-state index is -4.59. The van der Waals surface area contributed by atoms with Crippen LogP contribution in [0.2, 0.25) is 0 Å². The molecule has 0 aliphatic carbocycles. The van der Waals surface area contributed by atoms with Gasteiger partial charge in [-0.25, -0.2) is 0 Å². The second-order valence-electron chi connectivity index (χ2n) is 7.69. The van der Waals surface area contributed by atoms with Gasteiger partial charge in [0.15, 0.2) is 0 Å². The Labute approximate surface area is 229 Å². The van der Waals surface area contributed by atoms with Crippen LogP contribution in [-0.2, 0) is 16.5 Å². The first kappa shape index (κ1) is 28.6. The molecule has 0 bridgehead atoms. The van der Waals surface area contributed by atoms with Crippen molar-refractivity contribution in [1.29, 1.82) is 0 Å². The van der Waals surface area contributed by atoms with Crippen LogP contribution in [0, 0.1) is 0 Å². The molecule has 0 saturated carbocycles. The zero-order valence-corrected chi connectivity index (χ0v) is 22.7. The topological polar surface area (TPSA) is 86.7 Å². The molecule has 0 aliphatic heterocycles. The van der Waals surface area contributed by atoms with Crippen LogP contribution in [0.5, 0.6) is 17.2 Å². The predicted molar refractivity (Wildman–Crippen MR) is 118 cm³/mol. The van der Waals surface area contributed by atoms with Gasteiger partial charge in [0.25, 0.3) is 10.1 Å². The van der Waals surface area contributed by atoms with Crippen LogP contribution < -0.4 is 61.2 Å². The summed E-state index contributed by atoms with van der Waals surface area (Å²) in [6.45, 7) is 2.21. The van der Waals surface area contributed by atoms with E-state index in [2.05, 4.69) is 6.92 Å². The summed E-state index contributed by atoms with van der Waals surface area (Å²) in [5.74, 6) is 0.0234. The molecule has 0 spiro atoms. The van der Waals surface area contributed by atoms with Crippen LogP contribution in [0.25, 0.3) is 0 Å². The van der Waals surface area contributed by atoms with E-state index >= 15 is 0 Å². The van der Waals surface area contributed by atoms with Crippen LogP contribution in [0.3, 0.4) is 0 Å². The van der Waals surface area contributed by atoms with E-state index < -0.39 is 15.0 Å². The molecule has 2 aromatic carbocycles. The summed E-state index contributed by atoms with van der Waals surface area (Å²) < 4.78 is 39.5. The van der Waals surface area contributed by atoms with E-state index in [-0.39, 0.29) is 68.4 Å². The summed E-state index contributed by atoms with van der Waals surface area (Å²) in [7, 11) is -4.59. The van der Waals surface area contributed by atoms with Gasteiger partial charge >= 0.3 is 51.4 Å². The van der Waals surface area contributed by atoms with E-state index in [4.69, 9.17) is 4.74 Å². The molecule has 0 fully saturated rings. The van der Waals surface area contributed by atoms with E-state index in [0.717, 1.165) is 19.3 Å². The smallest absolute Gasteiger partial charge is 0.872 e. The average molecular weight is 473 g/mol. The van der Waals surface area contributed by atoms with E-state index in [1.54, 1.807) is 24.3 Å². The Morgan fingerprint density at radius 2 is 1.39 bits per heavy atom. The summed E-state index contributed by atoms with van der Waals surface area (Å²) in [5, 5.41) is 12.4. The van der Waals surface area contributed by atoms with E-state index in [0.29, 0.717) is 18.6 Å². The Balaban J connectivity index is 0.00000480. The minimum absolute atomic E-state index is 0. The molecule has 7 heteroatoms. The fourth-order valence-corrected chi connectivity index (χ4v) is 4.47. The quantitative estimate of drug-likeness (QED) is 0.259. The number of benzene rings is 2. The Morgan fingerprint density at radius 1 is 0.839 bits per heavy atom. The summed E-state index contributed by atoms with van der Waals surface area (Å²) >= 11 is 0. The monoisotopic (exact) mass is 472 g/mol. The molecule has 0 radical (unpaired) electrons. The van der Waals surface area contributed by atoms with Gasteiger partial charge in [-0.2, -0.15) is 8.42 Å². The number of hydrogen-bond donors (Lipinski definition) is 1. The molecule has 31 heavy (non-hydrogen) atoms. The van der Waals surface area contributed by atoms with Gasteiger partial charge in [0.1, 0.15) is 16.4 Å². The minimum Gasteiger partial charge on any atom is -0.872 e. The maximum Gasteiger partial charge on any atom is 1.00 e. The van der Waals surface area contributed by atoms with Crippen molar-refractivity contribution in [3.05, 3.63) is 48.0 Å². The fraction of sp³-hybridized carbons (Fsp3) is 0.500. The molecule has 0 atom stereocenters. The zero-order chi connectivity index (χ0) is 21.8. The number of para-hydroxylation sites is 1. The van der Waals surface area contributed by atoms with Gasteiger partial charge < -0.3 is 9.84 Å². The van der Waals surface area contributed by atoms with Crippen LogP contribution in [-0.4, -0.2) is 13.0 Å². The first-order chi connectivity index (χ1) is 14.4. The Hall–Kier alpha value is -0.414. The number of ether oxygens (including phenoxy) is 1. The molecular formula is C24H33KO5S. The predicted octanol–water partition coefficient (Wildman–Crippen LogP) is 3.27. The van der Waals surface area contributed by atoms with Crippen molar-refractivity contribution in [2.45, 2.75) is 82.4 Å². The van der Waals surface area contributed by atoms with Gasteiger partial charge in [0.2, 0.25) is 0 Å². The molecular weight excluding hydrogens is 439 g/mol. The molecule has 0 amide bonds. The molecule has 2 rings (SSSR count). The van der Waals surface area contributed by atoms with Gasteiger partial charge in [-0.05, 0) is 36.6 Å². The SMILES string of the molecule is CCCCCCCCCCCCc1c([O-])ccc(Oc2ccccc2)c1S(=O)(=O)O.[K+]. The van der Waals surface area contributed by atoms with E-state index in [1.165, 1.54) is 50.7 Å². The Kier molecular flexibility index (Phi) is 14.2. The molecule has 2 aromatic rings. The molecule has 0 unspecified atom stereocenters. The Morgan fingerprint density at radius 3 is 1.94 bits per heavy atom. The number of rotatable bonds is 14. The standard InChI is InChI=1S/C24H34O5S.K/c1-2-3-4-5-6-7-8-9-10-14-17-21-22(25)18-19-23(24(21)30(26,27)28)29-20-15-12-11-13-16-20;/h11-13,15-16,18-19,25H,2-10,14,17H2,1H3,(H,26,27,28);/q;+1/p-1. The molecule has 0 saturated heterocycles. The van der Waals surface area contributed by atoms with Crippen LogP contribution in [0.1, 0.15) is 76.7 Å². The second-order valence-corrected chi connectivity index (χ2v) is 9.05. The Bertz CT molecular complexity index is 869. The van der Waals surface area contributed by atoms with Crippen molar-refractivity contribution in [3.8, 4) is 17.2 Å². The van der Waals surface area contributed by atoms with Crippen LogP contribution >= 0.6 is 0 Å². The van der Waals surface area contributed by atoms with Crippen molar-refractivity contribution in [2.24, 2.45) is 0 Å². The van der Waals surface area contributed by atoms with Crippen molar-refractivity contribution in [3.63, 3.8) is 0 Å². The number of unbranched alkanes of at least 4 members (excludes halogenated alkanes) is 9. The molecule has 5 nitrogen and oxygen atoms in total. The van der Waals surface area contributed by atoms with Gasteiger partial charge in [-0.3, -0.25) is 4.55 Å². The summed E-state index contributed by atoms with van der Waals surface area (Å²) in [4.78, 5) is -0.408. The first-order valence-corrected chi connectivity index (χ1v) is 12.4. The molecule has 0 aliphatic rings. The molecule has 0 heterocycles. The summed E-state index contributed by atoms with van der Waals surface area (Å²) in [6.07, 6.45) is 11.8. The maximum atomic E-state index is 12.4. The zero-order valence-electron chi connectivity index (χ0n) is 18.8. The van der Waals surface area contributed by atoms with Crippen LogP contribution in [0.15, 0.2) is 47.4 Å². The van der Waals surface area contributed by atoms with E-state index in [1.807, 2.05) is 6.07 Å². The normalized spacial score (nSPS) is 11.2. The van der Waals surface area contributed by atoms with Gasteiger partial charge in [0, 0.05) is 0 Å². The van der Waals surface area contributed by atoms with Crippen molar-refractivity contribution in [2.75, 3.05) is 0 Å². The van der Waals surface area contributed by atoms with Crippen molar-refractivity contribution < 1.29 is 74.2 Å². The maximum absolute atomic E-state index is 12.4. The third-order valence-corrected chi connectivity index (χ3v) is 6.15. The fourth-order valence-electron chi connectivity index (χ4n) is 3.59. The molecule has 166 valence electrons. The van der Waals surface area contributed by atoms with E-state index in [9.17, 15) is 18.1 Å². The van der Waals surface area contributed by atoms with Crippen molar-refractivity contribution in [1.82, 2.24) is 0 Å². The van der Waals surface area contributed by atoms with Crippen molar-refractivity contribution >= 4 is 10.1 Å². The number of hydrogen-bond acceptors (Lipinski definition) is 4. The van der Waals surface area contributed by atoms with Gasteiger partial charge in [-0.1, -0.05) is 89.0 Å². The largest absolute Gasteiger partial charge is 1.00 e. The summed E-state index contributed by atoms with van der Waals surface area (Å²) in [6, 6.07) is 11.3. The van der Waals surface area contributed by atoms with Crippen LogP contribution in [0.4, 0.5) is 0 Å². The second kappa shape index (κ2) is 15.4. The van der Waals surface area contributed by atoms with Gasteiger partial charge in [0.05, 0.1) is 0 Å². The van der Waals surface area contributed by atoms with Gasteiger partial charge in [-0.15, -0.1) is 5.75 Å².